The second-order valence-electron chi connectivity index (χ2n) is 14.7. The maximum Gasteiger partial charge on any atom is 0.573 e. The van der Waals surface area contributed by atoms with Gasteiger partial charge in [-0.2, -0.15) is 0 Å². The number of imide groups is 1. The van der Waals surface area contributed by atoms with Crippen LogP contribution in [0.15, 0.2) is 84.9 Å². The third kappa shape index (κ3) is 6.45. The number of hydrogen-bond donors (Lipinski definition) is 1. The van der Waals surface area contributed by atoms with Crippen LogP contribution in [0.2, 0.25) is 0 Å². The van der Waals surface area contributed by atoms with Gasteiger partial charge in [0.2, 0.25) is 0 Å². The number of fused-ring (bicyclic) bond motifs is 2. The lowest BCUT2D eigenvalue weighted by atomic mass is 9.68. The number of pyridine rings is 2. The highest BCUT2D eigenvalue weighted by molar-refractivity contribution is 6.24. The summed E-state index contributed by atoms with van der Waals surface area (Å²) in [7, 11) is 0. The zero-order chi connectivity index (χ0) is 37.6. The van der Waals surface area contributed by atoms with Crippen LogP contribution in [-0.4, -0.2) is 60.0 Å². The number of para-hydroxylation sites is 2. The van der Waals surface area contributed by atoms with Crippen molar-refractivity contribution in [3.05, 3.63) is 96.1 Å². The van der Waals surface area contributed by atoms with Gasteiger partial charge in [-0.25, -0.2) is 19.7 Å². The van der Waals surface area contributed by atoms with Gasteiger partial charge in [0.05, 0.1) is 16.7 Å². The van der Waals surface area contributed by atoms with Crippen molar-refractivity contribution in [2.24, 2.45) is 0 Å². The predicted molar refractivity (Wildman–Crippen MR) is 204 cm³/mol. The summed E-state index contributed by atoms with van der Waals surface area (Å²) in [6.45, 7) is 7.46. The highest BCUT2D eigenvalue weighted by Gasteiger charge is 2.59. The Balaban J connectivity index is 1.30. The van der Waals surface area contributed by atoms with Gasteiger partial charge in [0.1, 0.15) is 22.9 Å². The van der Waals surface area contributed by atoms with Gasteiger partial charge >= 0.3 is 12.4 Å². The molecule has 1 N–H and O–H groups in total. The predicted octanol–water partition coefficient (Wildman–Crippen LogP) is 9.06. The molecular weight excluding hydrogens is 693 g/mol. The Morgan fingerprint density at radius 2 is 1.15 bits per heavy atom. The number of piperidine rings is 2. The summed E-state index contributed by atoms with van der Waals surface area (Å²) in [4.78, 5) is 45.4. The van der Waals surface area contributed by atoms with E-state index in [1.807, 2.05) is 62.4 Å². The normalized spacial score (nSPS) is 20.7. The van der Waals surface area contributed by atoms with Crippen LogP contribution < -0.4 is 24.8 Å². The van der Waals surface area contributed by atoms with Gasteiger partial charge in [0, 0.05) is 48.8 Å². The van der Waals surface area contributed by atoms with Gasteiger partial charge in [-0.3, -0.25) is 4.79 Å². The number of hydrogen-bond acceptors (Lipinski definition) is 7. The molecule has 3 fully saturated rings. The molecule has 5 heterocycles. The molecule has 3 aliphatic heterocycles. The number of nitrogens with one attached hydrogen (secondary N) is 1. The maximum atomic E-state index is 15.4. The molecule has 9 nitrogen and oxygen atoms in total. The van der Waals surface area contributed by atoms with E-state index in [1.165, 1.54) is 12.1 Å². The molecule has 0 aliphatic carbocycles. The van der Waals surface area contributed by atoms with E-state index in [4.69, 9.17) is 9.97 Å². The first kappa shape index (κ1) is 35.6. The van der Waals surface area contributed by atoms with Crippen molar-refractivity contribution >= 4 is 51.1 Å². The van der Waals surface area contributed by atoms with Crippen LogP contribution in [0.3, 0.4) is 0 Å². The van der Waals surface area contributed by atoms with Crippen LogP contribution in [0.25, 0.3) is 21.8 Å². The maximum absolute atomic E-state index is 15.4. The Morgan fingerprint density at radius 1 is 0.685 bits per heavy atom. The van der Waals surface area contributed by atoms with Gasteiger partial charge in [0.15, 0.2) is 0 Å². The molecule has 12 heteroatoms. The van der Waals surface area contributed by atoms with Crippen molar-refractivity contribution in [3.8, 4) is 5.75 Å². The average molecular weight is 737 g/mol. The van der Waals surface area contributed by atoms with E-state index in [0.717, 1.165) is 126 Å². The Bertz CT molecular complexity index is 2090. The smallest absolute Gasteiger partial charge is 0.406 e. The fraction of sp³-hybridized carbons (Fsp3) is 0.381. The summed E-state index contributed by atoms with van der Waals surface area (Å²) in [5.41, 5.74) is 1.92. The summed E-state index contributed by atoms with van der Waals surface area (Å²) in [5.74, 6) is -0.485. The van der Waals surface area contributed by atoms with Crippen LogP contribution >= 0.6 is 0 Å². The molecule has 0 radical (unpaired) electrons. The van der Waals surface area contributed by atoms with Crippen molar-refractivity contribution < 1.29 is 27.5 Å². The SMILES string of the molecule is CC(c1cc(N2CCCCC2)nc2ccccc12)C1(C(C)c2cc(N3CCCCC3)nc3ccccc23)NC(=O)N(c2ccc(OC(F)(F)F)cc2)C1=O. The van der Waals surface area contributed by atoms with E-state index in [-0.39, 0.29) is 5.69 Å². The number of carbonyl (C=O) groups is 2. The number of ether oxygens (including phenoxy) is 1. The first-order valence-corrected chi connectivity index (χ1v) is 18.9. The minimum atomic E-state index is -4.89. The van der Waals surface area contributed by atoms with E-state index >= 15 is 4.79 Å². The Hall–Kier alpha value is -5.39. The van der Waals surface area contributed by atoms with Crippen LogP contribution in [0.5, 0.6) is 5.75 Å². The molecule has 3 aromatic carbocycles. The minimum absolute atomic E-state index is 0.135. The van der Waals surface area contributed by atoms with Gasteiger partial charge in [0.25, 0.3) is 5.91 Å². The topological polar surface area (TPSA) is 90.9 Å². The number of benzene rings is 3. The summed E-state index contributed by atoms with van der Waals surface area (Å²) in [6.07, 6.45) is 1.68. The van der Waals surface area contributed by atoms with Crippen LogP contribution in [0, 0.1) is 0 Å². The molecule has 0 bridgehead atoms. The first-order valence-electron chi connectivity index (χ1n) is 18.9. The fourth-order valence-corrected chi connectivity index (χ4v) is 8.71. The highest BCUT2D eigenvalue weighted by atomic mass is 19.4. The molecular formula is C42H43F3N6O3. The van der Waals surface area contributed by atoms with E-state index in [0.29, 0.717) is 0 Å². The lowest BCUT2D eigenvalue weighted by Crippen LogP contribution is -2.55. The molecule has 0 spiro atoms. The molecule has 3 amide bonds. The molecule has 2 atom stereocenters. The van der Waals surface area contributed by atoms with Gasteiger partial charge in [-0.1, -0.05) is 50.2 Å². The lowest BCUT2D eigenvalue weighted by Gasteiger charge is -2.40. The third-order valence-corrected chi connectivity index (χ3v) is 11.5. The highest BCUT2D eigenvalue weighted by Crippen LogP contribution is 2.48. The van der Waals surface area contributed by atoms with Crippen LogP contribution in [0.4, 0.5) is 35.3 Å². The quantitative estimate of drug-likeness (QED) is 0.159. The van der Waals surface area contributed by atoms with Crippen molar-refractivity contribution in [2.45, 2.75) is 76.1 Å². The summed E-state index contributed by atoms with van der Waals surface area (Å²) < 4.78 is 43.1. The Kier molecular flexibility index (Phi) is 9.31. The van der Waals surface area contributed by atoms with Crippen molar-refractivity contribution in [2.75, 3.05) is 40.9 Å². The molecule has 3 saturated heterocycles. The fourth-order valence-electron chi connectivity index (χ4n) is 8.71. The number of rotatable bonds is 8. The molecule has 2 unspecified atom stereocenters. The van der Waals surface area contributed by atoms with Gasteiger partial charge in [-0.15, -0.1) is 13.2 Å². The standard InChI is InChI=1S/C42H43F3N6O3/c1-27(33-25-37(49-21-9-3-10-22-49)46-35-15-7-5-13-31(33)35)41(39(52)51(40(53)48-41)29-17-19-30(20-18-29)54-42(43,44)45)28(2)34-26-38(50-23-11-4-12-24-50)47-36-16-8-6-14-32(34)36/h5-8,13-20,25-28H,3-4,9-12,21-24H2,1-2H3,(H,48,53). The van der Waals surface area contributed by atoms with Crippen LogP contribution in [-0.2, 0) is 4.79 Å². The third-order valence-electron chi connectivity index (χ3n) is 11.5. The summed E-state index contributed by atoms with van der Waals surface area (Å²) in [6, 6.07) is 24.1. The number of anilines is 3. The van der Waals surface area contributed by atoms with Gasteiger partial charge in [-0.05, 0) is 98.2 Å². The number of urea groups is 1. The molecule has 0 saturated carbocycles. The lowest BCUT2D eigenvalue weighted by molar-refractivity contribution is -0.274. The second-order valence-corrected chi connectivity index (χ2v) is 14.7. The molecule has 54 heavy (non-hydrogen) atoms. The monoisotopic (exact) mass is 736 g/mol. The zero-order valence-corrected chi connectivity index (χ0v) is 30.4. The number of aromatic nitrogens is 2. The number of amides is 3. The van der Waals surface area contributed by atoms with Crippen LogP contribution in [0.1, 0.15) is 75.3 Å². The molecule has 2 aromatic heterocycles. The molecule has 8 rings (SSSR count). The van der Waals surface area contributed by atoms with Crippen molar-refractivity contribution in [1.29, 1.82) is 0 Å². The Labute approximate surface area is 312 Å². The number of alkyl halides is 3. The summed E-state index contributed by atoms with van der Waals surface area (Å²) >= 11 is 0. The zero-order valence-electron chi connectivity index (χ0n) is 30.4. The second kappa shape index (κ2) is 14.1. The Morgan fingerprint density at radius 3 is 1.61 bits per heavy atom. The van der Waals surface area contributed by atoms with Crippen molar-refractivity contribution in [1.82, 2.24) is 15.3 Å². The van der Waals surface area contributed by atoms with E-state index in [1.54, 1.807) is 0 Å². The van der Waals surface area contributed by atoms with E-state index in [2.05, 4.69) is 32.0 Å². The largest absolute Gasteiger partial charge is 0.573 e. The first-order chi connectivity index (χ1) is 26.0. The van der Waals surface area contributed by atoms with Crippen molar-refractivity contribution in [3.63, 3.8) is 0 Å². The molecule has 280 valence electrons. The average Bonchev–Trinajstić information content (AvgIpc) is 3.46. The van der Waals surface area contributed by atoms with E-state index < -0.39 is 41.4 Å². The van der Waals surface area contributed by atoms with E-state index in [9.17, 15) is 18.0 Å². The van der Waals surface area contributed by atoms with Gasteiger partial charge < -0.3 is 19.9 Å². The minimum Gasteiger partial charge on any atom is -0.406 e. The number of halogens is 3. The number of nitrogens with zero attached hydrogens (tertiary/aromatic N) is 5. The molecule has 5 aromatic rings. The summed E-state index contributed by atoms with van der Waals surface area (Å²) in [5, 5.41) is 4.95. The molecule has 3 aliphatic rings. The number of carbonyl (C=O) groups excluding carboxylic acids is 2.